The number of carbonyl (C=O) groups is 4. The van der Waals surface area contributed by atoms with Crippen molar-refractivity contribution in [3.63, 3.8) is 0 Å². The molecule has 218 valence electrons. The molecule has 0 saturated carbocycles. The van der Waals surface area contributed by atoms with Gasteiger partial charge < -0.3 is 25.2 Å². The van der Waals surface area contributed by atoms with Gasteiger partial charge in [0.15, 0.2) is 0 Å². The molecule has 0 aliphatic heterocycles. The number of likely N-dealkylation sites (N-methyl/N-ethyl adjacent to an activating group) is 1. The van der Waals surface area contributed by atoms with Gasteiger partial charge in [0.05, 0.1) is 26.2 Å². The van der Waals surface area contributed by atoms with Crippen LogP contribution >= 0.6 is 0 Å². The SMILES string of the molecule is CCN(CCN(CC(=O)O)CC(Cc1ccc(OCc2ccccc2)cc1)N(CC(=O)O)CC(=O)O)CC(=O)O. The monoisotopic (exact) mass is 559 g/mol. The highest BCUT2D eigenvalue weighted by Gasteiger charge is 2.27. The summed E-state index contributed by atoms with van der Waals surface area (Å²) in [7, 11) is 0. The van der Waals surface area contributed by atoms with E-state index in [9.17, 15) is 34.5 Å². The number of benzene rings is 2. The van der Waals surface area contributed by atoms with Gasteiger partial charge in [0.2, 0.25) is 0 Å². The summed E-state index contributed by atoms with van der Waals surface area (Å²) in [5.41, 5.74) is 1.79. The molecule has 2 aromatic rings. The molecule has 0 radical (unpaired) electrons. The van der Waals surface area contributed by atoms with Crippen LogP contribution in [0.4, 0.5) is 0 Å². The highest BCUT2D eigenvalue weighted by molar-refractivity contribution is 5.72. The molecule has 2 rings (SSSR count). The van der Waals surface area contributed by atoms with Crippen LogP contribution in [0.5, 0.6) is 5.75 Å². The van der Waals surface area contributed by atoms with E-state index < -0.39 is 43.0 Å². The van der Waals surface area contributed by atoms with Gasteiger partial charge in [0.25, 0.3) is 0 Å². The summed E-state index contributed by atoms with van der Waals surface area (Å²) in [6.45, 7) is 1.48. The predicted octanol–water partition coefficient (Wildman–Crippen LogP) is 1.44. The molecule has 0 aliphatic rings. The fraction of sp³-hybridized carbons (Fsp3) is 0.429. The maximum Gasteiger partial charge on any atom is 0.317 e. The predicted molar refractivity (Wildman–Crippen MR) is 145 cm³/mol. The second-order valence-corrected chi connectivity index (χ2v) is 9.36. The van der Waals surface area contributed by atoms with Crippen molar-refractivity contribution in [2.45, 2.75) is 26.0 Å². The van der Waals surface area contributed by atoms with Crippen molar-refractivity contribution in [2.24, 2.45) is 0 Å². The number of hydrogen-bond acceptors (Lipinski definition) is 8. The Balaban J connectivity index is 2.22. The van der Waals surface area contributed by atoms with Crippen LogP contribution in [0.1, 0.15) is 18.1 Å². The first-order chi connectivity index (χ1) is 19.0. The molecule has 0 aromatic heterocycles. The van der Waals surface area contributed by atoms with Crippen LogP contribution in [0, 0.1) is 0 Å². The molecule has 0 saturated heterocycles. The molecular weight excluding hydrogens is 522 g/mol. The molecule has 12 heteroatoms. The zero-order valence-corrected chi connectivity index (χ0v) is 22.5. The first-order valence-corrected chi connectivity index (χ1v) is 12.9. The third-order valence-electron chi connectivity index (χ3n) is 6.20. The molecule has 2 aromatic carbocycles. The average Bonchev–Trinajstić information content (AvgIpc) is 2.89. The van der Waals surface area contributed by atoms with Crippen LogP contribution in [0.2, 0.25) is 0 Å². The molecule has 0 amide bonds. The van der Waals surface area contributed by atoms with Crippen LogP contribution in [-0.2, 0) is 32.2 Å². The van der Waals surface area contributed by atoms with Crippen molar-refractivity contribution in [3.05, 3.63) is 65.7 Å². The van der Waals surface area contributed by atoms with Crippen LogP contribution in [0.25, 0.3) is 0 Å². The topological polar surface area (TPSA) is 168 Å². The second kappa shape index (κ2) is 16.9. The summed E-state index contributed by atoms with van der Waals surface area (Å²) in [5, 5.41) is 37.5. The molecule has 0 fully saturated rings. The van der Waals surface area contributed by atoms with E-state index in [0.717, 1.165) is 11.1 Å². The molecule has 0 bridgehead atoms. The van der Waals surface area contributed by atoms with E-state index in [2.05, 4.69) is 0 Å². The fourth-order valence-electron chi connectivity index (χ4n) is 4.25. The van der Waals surface area contributed by atoms with Gasteiger partial charge in [0, 0.05) is 25.7 Å². The standard InChI is InChI=1S/C28H37N3O9/c1-2-29(16-25(32)33)12-13-30(17-26(34)35)15-23(31(18-27(36)37)19-28(38)39)14-21-8-10-24(11-9-21)40-20-22-6-4-3-5-7-22/h3-11,23H,2,12-20H2,1H3,(H,32,33)(H,34,35)(H,36,37)(H,38,39). The van der Waals surface area contributed by atoms with E-state index in [-0.39, 0.29) is 39.1 Å². The number of nitrogens with zero attached hydrogens (tertiary/aromatic N) is 3. The summed E-state index contributed by atoms with van der Waals surface area (Å²) >= 11 is 0. The van der Waals surface area contributed by atoms with Gasteiger partial charge in [-0.15, -0.1) is 0 Å². The summed E-state index contributed by atoms with van der Waals surface area (Å²) in [6.07, 6.45) is 0.252. The summed E-state index contributed by atoms with van der Waals surface area (Å²) in [5.74, 6) is -3.90. The van der Waals surface area contributed by atoms with Crippen molar-refractivity contribution in [1.29, 1.82) is 0 Å². The maximum absolute atomic E-state index is 11.6. The lowest BCUT2D eigenvalue weighted by Gasteiger charge is -2.34. The molecular formula is C28H37N3O9. The Morgan fingerprint density at radius 1 is 0.700 bits per heavy atom. The maximum atomic E-state index is 11.6. The molecule has 0 aliphatic carbocycles. The van der Waals surface area contributed by atoms with Gasteiger partial charge in [-0.05, 0) is 36.2 Å². The van der Waals surface area contributed by atoms with Crippen LogP contribution in [0.15, 0.2) is 54.6 Å². The highest BCUT2D eigenvalue weighted by atomic mass is 16.5. The van der Waals surface area contributed by atoms with E-state index in [1.165, 1.54) is 4.90 Å². The lowest BCUT2D eigenvalue weighted by Crippen LogP contribution is -2.51. The van der Waals surface area contributed by atoms with Crippen molar-refractivity contribution in [2.75, 3.05) is 52.4 Å². The normalized spacial score (nSPS) is 12.0. The van der Waals surface area contributed by atoms with Crippen LogP contribution in [-0.4, -0.2) is 117 Å². The van der Waals surface area contributed by atoms with E-state index in [1.807, 2.05) is 30.3 Å². The first-order valence-electron chi connectivity index (χ1n) is 12.9. The quantitative estimate of drug-likeness (QED) is 0.184. The zero-order chi connectivity index (χ0) is 29.5. The zero-order valence-electron chi connectivity index (χ0n) is 22.5. The van der Waals surface area contributed by atoms with Gasteiger partial charge >= 0.3 is 23.9 Å². The second-order valence-electron chi connectivity index (χ2n) is 9.36. The van der Waals surface area contributed by atoms with Gasteiger partial charge in [-0.25, -0.2) is 0 Å². The van der Waals surface area contributed by atoms with Gasteiger partial charge in [0.1, 0.15) is 12.4 Å². The number of rotatable bonds is 20. The minimum Gasteiger partial charge on any atom is -0.489 e. The smallest absolute Gasteiger partial charge is 0.317 e. The van der Waals surface area contributed by atoms with Crippen LogP contribution < -0.4 is 4.74 Å². The largest absolute Gasteiger partial charge is 0.489 e. The third-order valence-corrected chi connectivity index (χ3v) is 6.20. The lowest BCUT2D eigenvalue weighted by atomic mass is 10.0. The van der Waals surface area contributed by atoms with Crippen molar-refractivity contribution in [3.8, 4) is 5.75 Å². The van der Waals surface area contributed by atoms with Crippen molar-refractivity contribution < 1.29 is 44.3 Å². The van der Waals surface area contributed by atoms with Gasteiger partial charge in [-0.2, -0.15) is 0 Å². The minimum atomic E-state index is -1.21. The van der Waals surface area contributed by atoms with E-state index in [4.69, 9.17) is 9.84 Å². The number of carboxylic acids is 4. The molecule has 0 heterocycles. The fourth-order valence-corrected chi connectivity index (χ4v) is 4.25. The molecule has 40 heavy (non-hydrogen) atoms. The van der Waals surface area contributed by atoms with E-state index >= 15 is 0 Å². The Kier molecular flexibility index (Phi) is 13.6. The summed E-state index contributed by atoms with van der Waals surface area (Å²) in [6, 6.07) is 16.1. The Morgan fingerprint density at radius 3 is 1.75 bits per heavy atom. The number of aliphatic carboxylic acids is 4. The minimum absolute atomic E-state index is 0.0593. The van der Waals surface area contributed by atoms with Gasteiger partial charge in [-0.1, -0.05) is 49.4 Å². The van der Waals surface area contributed by atoms with E-state index in [0.29, 0.717) is 18.9 Å². The van der Waals surface area contributed by atoms with Crippen molar-refractivity contribution >= 4 is 23.9 Å². The van der Waals surface area contributed by atoms with Crippen molar-refractivity contribution in [1.82, 2.24) is 14.7 Å². The first kappa shape index (κ1) is 32.2. The Hall–Kier alpha value is -4.00. The molecule has 1 atom stereocenters. The summed E-state index contributed by atoms with van der Waals surface area (Å²) in [4.78, 5) is 50.4. The number of hydrogen-bond donors (Lipinski definition) is 4. The van der Waals surface area contributed by atoms with Crippen LogP contribution in [0.3, 0.4) is 0 Å². The van der Waals surface area contributed by atoms with E-state index in [1.54, 1.807) is 41.0 Å². The molecule has 1 unspecified atom stereocenters. The Bertz CT molecular complexity index is 1080. The molecule has 12 nitrogen and oxygen atoms in total. The number of carboxylic acid groups (broad SMARTS) is 4. The summed E-state index contributed by atoms with van der Waals surface area (Å²) < 4.78 is 5.82. The Morgan fingerprint density at radius 2 is 1.23 bits per heavy atom. The average molecular weight is 560 g/mol. The lowest BCUT2D eigenvalue weighted by molar-refractivity contribution is -0.144. The molecule has 0 spiro atoms. The highest BCUT2D eigenvalue weighted by Crippen LogP contribution is 2.18. The third kappa shape index (κ3) is 12.7. The molecule has 4 N–H and O–H groups in total. The Labute approximate surface area is 233 Å². The van der Waals surface area contributed by atoms with Gasteiger partial charge in [-0.3, -0.25) is 33.9 Å². The number of ether oxygens (including phenoxy) is 1.